The normalized spacial score (nSPS) is 27.6. The molecule has 0 aromatic carbocycles. The molecule has 1 aliphatic rings. The summed E-state index contributed by atoms with van der Waals surface area (Å²) in [6.07, 6.45) is 2.48. The van der Waals surface area contributed by atoms with Gasteiger partial charge in [0.25, 0.3) is 0 Å². The van der Waals surface area contributed by atoms with Gasteiger partial charge in [-0.2, -0.15) is 0 Å². The largest absolute Gasteiger partial charge is 0.460 e. The smallest absolute Gasteiger partial charge is 0.310 e. The molecule has 0 radical (unpaired) electrons. The molecule has 74 valence electrons. The van der Waals surface area contributed by atoms with Crippen molar-refractivity contribution in [1.82, 2.24) is 0 Å². The van der Waals surface area contributed by atoms with Crippen LogP contribution in [0.1, 0.15) is 33.6 Å². The molecule has 0 amide bonds. The summed E-state index contributed by atoms with van der Waals surface area (Å²) < 4.78 is 5.18. The summed E-state index contributed by atoms with van der Waals surface area (Å²) in [5.74, 6) is -0.512. The van der Waals surface area contributed by atoms with Gasteiger partial charge in [0, 0.05) is 5.92 Å². The van der Waals surface area contributed by atoms with Crippen LogP contribution in [0.2, 0.25) is 0 Å². The third kappa shape index (κ3) is 2.54. The Balaban J connectivity index is 2.45. The summed E-state index contributed by atoms with van der Waals surface area (Å²) in [6.45, 7) is 5.50. The van der Waals surface area contributed by atoms with E-state index in [2.05, 4.69) is 0 Å². The number of hydrogen-bond acceptors (Lipinski definition) is 3. The molecule has 0 aliphatic heterocycles. The SMILES string of the molecule is CC(C)(C)OC(=O)[C@@H]1CC[C@H]1C=O. The Morgan fingerprint density at radius 1 is 1.38 bits per heavy atom. The van der Waals surface area contributed by atoms with Crippen LogP contribution in [0, 0.1) is 11.8 Å². The molecule has 0 bridgehead atoms. The van der Waals surface area contributed by atoms with E-state index < -0.39 is 5.60 Å². The summed E-state index contributed by atoms with van der Waals surface area (Å²) in [7, 11) is 0. The number of aldehydes is 1. The molecule has 0 saturated heterocycles. The summed E-state index contributed by atoms with van der Waals surface area (Å²) in [5.41, 5.74) is -0.444. The van der Waals surface area contributed by atoms with Crippen molar-refractivity contribution in [3.63, 3.8) is 0 Å². The maximum Gasteiger partial charge on any atom is 0.310 e. The lowest BCUT2D eigenvalue weighted by molar-refractivity contribution is -0.167. The molecule has 0 unspecified atom stereocenters. The molecule has 2 atom stereocenters. The molecule has 1 rings (SSSR count). The van der Waals surface area contributed by atoms with Crippen molar-refractivity contribution in [2.75, 3.05) is 0 Å². The lowest BCUT2D eigenvalue weighted by Gasteiger charge is -2.33. The predicted octanol–water partition coefficient (Wildman–Crippen LogP) is 1.55. The second-order valence-corrected chi connectivity index (χ2v) is 4.52. The maximum atomic E-state index is 11.4. The second-order valence-electron chi connectivity index (χ2n) is 4.52. The minimum atomic E-state index is -0.444. The highest BCUT2D eigenvalue weighted by Gasteiger charge is 2.38. The van der Waals surface area contributed by atoms with E-state index in [1.54, 1.807) is 0 Å². The third-order valence-corrected chi connectivity index (χ3v) is 2.21. The van der Waals surface area contributed by atoms with E-state index in [0.717, 1.165) is 19.1 Å². The number of carbonyl (C=O) groups excluding carboxylic acids is 2. The van der Waals surface area contributed by atoms with Gasteiger partial charge >= 0.3 is 5.97 Å². The van der Waals surface area contributed by atoms with Crippen LogP contribution in [0.5, 0.6) is 0 Å². The Bertz CT molecular complexity index is 215. The van der Waals surface area contributed by atoms with Gasteiger partial charge in [0.15, 0.2) is 0 Å². The molecule has 1 aliphatic carbocycles. The van der Waals surface area contributed by atoms with Gasteiger partial charge in [-0.3, -0.25) is 4.79 Å². The standard InChI is InChI=1S/C10H16O3/c1-10(2,3)13-9(12)8-5-4-7(8)6-11/h6-8H,4-5H2,1-3H3/t7-,8+/m0/s1. The lowest BCUT2D eigenvalue weighted by Crippen LogP contribution is -2.38. The summed E-state index contributed by atoms with van der Waals surface area (Å²) in [5, 5.41) is 0. The molecule has 0 spiro atoms. The molecule has 0 aromatic rings. The highest BCUT2D eigenvalue weighted by Crippen LogP contribution is 2.34. The van der Waals surface area contributed by atoms with Crippen molar-refractivity contribution in [3.05, 3.63) is 0 Å². The van der Waals surface area contributed by atoms with Gasteiger partial charge in [-0.15, -0.1) is 0 Å². The van der Waals surface area contributed by atoms with Gasteiger partial charge in [0.05, 0.1) is 5.92 Å². The average molecular weight is 184 g/mol. The Morgan fingerprint density at radius 2 is 2.00 bits per heavy atom. The Kier molecular flexibility index (Phi) is 2.74. The third-order valence-electron chi connectivity index (χ3n) is 2.21. The molecule has 0 heterocycles. The molecule has 13 heavy (non-hydrogen) atoms. The van der Waals surface area contributed by atoms with E-state index in [-0.39, 0.29) is 17.8 Å². The van der Waals surface area contributed by atoms with Crippen molar-refractivity contribution in [3.8, 4) is 0 Å². The zero-order valence-electron chi connectivity index (χ0n) is 8.37. The molecule has 1 saturated carbocycles. The molecule has 3 heteroatoms. The molecular weight excluding hydrogens is 168 g/mol. The molecule has 0 N–H and O–H groups in total. The summed E-state index contributed by atoms with van der Waals surface area (Å²) in [4.78, 5) is 21.9. The minimum absolute atomic E-state index is 0.102. The zero-order chi connectivity index (χ0) is 10.1. The highest BCUT2D eigenvalue weighted by molar-refractivity contribution is 5.78. The van der Waals surface area contributed by atoms with Crippen molar-refractivity contribution in [2.24, 2.45) is 11.8 Å². The van der Waals surface area contributed by atoms with Crippen molar-refractivity contribution < 1.29 is 14.3 Å². The molecule has 0 aromatic heterocycles. The first-order valence-corrected chi connectivity index (χ1v) is 4.62. The first-order valence-electron chi connectivity index (χ1n) is 4.62. The van der Waals surface area contributed by atoms with Crippen LogP contribution in [0.4, 0.5) is 0 Å². The minimum Gasteiger partial charge on any atom is -0.460 e. The zero-order valence-corrected chi connectivity index (χ0v) is 8.37. The van der Waals surface area contributed by atoms with E-state index in [1.165, 1.54) is 0 Å². The van der Waals surface area contributed by atoms with Gasteiger partial charge in [-0.05, 0) is 33.6 Å². The highest BCUT2D eigenvalue weighted by atomic mass is 16.6. The quantitative estimate of drug-likeness (QED) is 0.483. The monoisotopic (exact) mass is 184 g/mol. The van der Waals surface area contributed by atoms with Gasteiger partial charge in [-0.1, -0.05) is 0 Å². The molecule has 1 fully saturated rings. The molecular formula is C10H16O3. The van der Waals surface area contributed by atoms with E-state index in [9.17, 15) is 9.59 Å². The van der Waals surface area contributed by atoms with E-state index >= 15 is 0 Å². The number of carbonyl (C=O) groups is 2. The Morgan fingerprint density at radius 3 is 2.31 bits per heavy atom. The fourth-order valence-electron chi connectivity index (χ4n) is 1.36. The Hall–Kier alpha value is -0.860. The van der Waals surface area contributed by atoms with Crippen molar-refractivity contribution in [1.29, 1.82) is 0 Å². The molecule has 3 nitrogen and oxygen atoms in total. The van der Waals surface area contributed by atoms with Crippen LogP contribution >= 0.6 is 0 Å². The van der Waals surface area contributed by atoms with E-state index in [4.69, 9.17) is 4.74 Å². The number of hydrogen-bond donors (Lipinski definition) is 0. The number of esters is 1. The van der Waals surface area contributed by atoms with Gasteiger partial charge in [0.1, 0.15) is 11.9 Å². The van der Waals surface area contributed by atoms with Crippen LogP contribution in [0.15, 0.2) is 0 Å². The summed E-state index contributed by atoms with van der Waals surface area (Å²) >= 11 is 0. The number of ether oxygens (including phenoxy) is 1. The second kappa shape index (κ2) is 3.48. The number of rotatable bonds is 2. The van der Waals surface area contributed by atoms with E-state index in [1.807, 2.05) is 20.8 Å². The van der Waals surface area contributed by atoms with Crippen molar-refractivity contribution >= 4 is 12.3 Å². The topological polar surface area (TPSA) is 43.4 Å². The van der Waals surface area contributed by atoms with Crippen LogP contribution in [0.25, 0.3) is 0 Å². The van der Waals surface area contributed by atoms with Crippen LogP contribution in [0.3, 0.4) is 0 Å². The fourth-order valence-corrected chi connectivity index (χ4v) is 1.36. The van der Waals surface area contributed by atoms with E-state index in [0.29, 0.717) is 0 Å². The average Bonchev–Trinajstić information content (AvgIpc) is 1.80. The van der Waals surface area contributed by atoms with Crippen molar-refractivity contribution in [2.45, 2.75) is 39.2 Å². The van der Waals surface area contributed by atoms with Crippen LogP contribution < -0.4 is 0 Å². The maximum absolute atomic E-state index is 11.4. The van der Waals surface area contributed by atoms with Gasteiger partial charge in [-0.25, -0.2) is 0 Å². The predicted molar refractivity (Wildman–Crippen MR) is 48.1 cm³/mol. The first kappa shape index (κ1) is 10.2. The Labute approximate surface area is 78.5 Å². The first-order chi connectivity index (χ1) is 5.94. The van der Waals surface area contributed by atoms with Gasteiger partial charge in [0.2, 0.25) is 0 Å². The van der Waals surface area contributed by atoms with Crippen LogP contribution in [-0.4, -0.2) is 17.9 Å². The van der Waals surface area contributed by atoms with Gasteiger partial charge < -0.3 is 9.53 Å². The lowest BCUT2D eigenvalue weighted by atomic mass is 9.74. The van der Waals surface area contributed by atoms with Crippen LogP contribution in [-0.2, 0) is 14.3 Å². The fraction of sp³-hybridized carbons (Fsp3) is 0.800. The summed E-state index contributed by atoms with van der Waals surface area (Å²) in [6, 6.07) is 0.